The monoisotopic (exact) mass is 324 g/mol. The summed E-state index contributed by atoms with van der Waals surface area (Å²) in [5.74, 6) is -0.217. The molecule has 0 radical (unpaired) electrons. The molecule has 0 aliphatic heterocycles. The van der Waals surface area contributed by atoms with Crippen LogP contribution in [0.1, 0.15) is 51.4 Å². The standard InChI is InChI=1S/C18H16N2O2S/c1-18(2)8-12-13(10-19)17(23-15(12)14(21)9-18)20-16(22)11-6-4-3-5-7-11/h3-7H,8-9H2,1-2H3,(H,20,22). The van der Waals surface area contributed by atoms with Crippen molar-refractivity contribution in [3.63, 3.8) is 0 Å². The van der Waals surface area contributed by atoms with Crippen molar-refractivity contribution < 1.29 is 9.59 Å². The highest BCUT2D eigenvalue weighted by Crippen LogP contribution is 2.43. The van der Waals surface area contributed by atoms with Gasteiger partial charge in [0.2, 0.25) is 0 Å². The van der Waals surface area contributed by atoms with Gasteiger partial charge in [0.1, 0.15) is 11.1 Å². The molecule has 1 aliphatic carbocycles. The summed E-state index contributed by atoms with van der Waals surface area (Å²) in [4.78, 5) is 25.2. The predicted molar refractivity (Wildman–Crippen MR) is 89.9 cm³/mol. The topological polar surface area (TPSA) is 70.0 Å². The van der Waals surface area contributed by atoms with Gasteiger partial charge in [0, 0.05) is 12.0 Å². The van der Waals surface area contributed by atoms with E-state index in [1.54, 1.807) is 24.3 Å². The number of carbonyl (C=O) groups excluding carboxylic acids is 2. The number of nitriles is 1. The summed E-state index contributed by atoms with van der Waals surface area (Å²) >= 11 is 1.21. The van der Waals surface area contributed by atoms with Crippen molar-refractivity contribution in [2.45, 2.75) is 26.7 Å². The molecule has 1 N–H and O–H groups in total. The number of nitrogens with zero attached hydrogens (tertiary/aromatic N) is 1. The van der Waals surface area contributed by atoms with Crippen molar-refractivity contribution in [3.8, 4) is 6.07 Å². The lowest BCUT2D eigenvalue weighted by Crippen LogP contribution is -2.26. The molecule has 1 aliphatic rings. The van der Waals surface area contributed by atoms with Crippen molar-refractivity contribution in [3.05, 3.63) is 51.9 Å². The molecule has 2 aromatic rings. The fourth-order valence-electron chi connectivity index (χ4n) is 2.89. The molecule has 4 nitrogen and oxygen atoms in total. The SMILES string of the molecule is CC1(C)CC(=O)c2sc(NC(=O)c3ccccc3)c(C#N)c2C1. The number of Topliss-reactive ketones (excluding diaryl/α,β-unsaturated/α-hetero) is 1. The smallest absolute Gasteiger partial charge is 0.256 e. The summed E-state index contributed by atoms with van der Waals surface area (Å²) in [6.07, 6.45) is 1.14. The first-order valence-corrected chi connectivity index (χ1v) is 8.18. The minimum Gasteiger partial charge on any atom is -0.312 e. The molecule has 0 fully saturated rings. The molecule has 1 heterocycles. The van der Waals surface area contributed by atoms with Gasteiger partial charge in [-0.2, -0.15) is 5.26 Å². The molecular weight excluding hydrogens is 308 g/mol. The minimum absolute atomic E-state index is 0.0537. The Hall–Kier alpha value is -2.45. The first-order chi connectivity index (χ1) is 10.9. The van der Waals surface area contributed by atoms with Crippen LogP contribution in [0.5, 0.6) is 0 Å². The van der Waals surface area contributed by atoms with E-state index in [4.69, 9.17) is 0 Å². The van der Waals surface area contributed by atoms with Gasteiger partial charge < -0.3 is 5.32 Å². The van der Waals surface area contributed by atoms with E-state index in [2.05, 4.69) is 11.4 Å². The molecule has 0 unspecified atom stereocenters. The van der Waals surface area contributed by atoms with E-state index in [0.29, 0.717) is 33.8 Å². The number of anilines is 1. The van der Waals surface area contributed by atoms with Crippen LogP contribution in [-0.4, -0.2) is 11.7 Å². The molecule has 1 aromatic heterocycles. The predicted octanol–water partition coefficient (Wildman–Crippen LogP) is 4.03. The van der Waals surface area contributed by atoms with Gasteiger partial charge in [-0.15, -0.1) is 11.3 Å². The summed E-state index contributed by atoms with van der Waals surface area (Å²) in [6, 6.07) is 11.0. The first-order valence-electron chi connectivity index (χ1n) is 7.37. The van der Waals surface area contributed by atoms with Gasteiger partial charge in [-0.05, 0) is 29.5 Å². The molecule has 0 saturated carbocycles. The highest BCUT2D eigenvalue weighted by atomic mass is 32.1. The summed E-state index contributed by atoms with van der Waals surface area (Å²) in [5.41, 5.74) is 1.57. The lowest BCUT2D eigenvalue weighted by Gasteiger charge is -2.28. The zero-order valence-corrected chi connectivity index (χ0v) is 13.8. The van der Waals surface area contributed by atoms with E-state index < -0.39 is 0 Å². The Morgan fingerprint density at radius 2 is 1.96 bits per heavy atom. The van der Waals surface area contributed by atoms with Gasteiger partial charge in [0.05, 0.1) is 10.4 Å². The molecule has 0 bridgehead atoms. The van der Waals surface area contributed by atoms with Crippen LogP contribution in [-0.2, 0) is 6.42 Å². The van der Waals surface area contributed by atoms with Crippen LogP contribution in [0.4, 0.5) is 5.00 Å². The van der Waals surface area contributed by atoms with Crippen LogP contribution in [0.3, 0.4) is 0 Å². The van der Waals surface area contributed by atoms with E-state index in [-0.39, 0.29) is 17.1 Å². The minimum atomic E-state index is -0.271. The molecule has 116 valence electrons. The maximum atomic E-state index is 12.3. The van der Waals surface area contributed by atoms with Crippen molar-refractivity contribution in [2.24, 2.45) is 5.41 Å². The largest absolute Gasteiger partial charge is 0.312 e. The third-order valence-corrected chi connectivity index (χ3v) is 5.12. The zero-order chi connectivity index (χ0) is 16.6. The van der Waals surface area contributed by atoms with Crippen LogP contribution in [0.15, 0.2) is 30.3 Å². The maximum Gasteiger partial charge on any atom is 0.256 e. The Morgan fingerprint density at radius 3 is 2.61 bits per heavy atom. The Bertz CT molecular complexity index is 829. The number of hydrogen-bond acceptors (Lipinski definition) is 4. The fourth-order valence-corrected chi connectivity index (χ4v) is 3.99. The molecule has 1 amide bonds. The molecule has 0 spiro atoms. The fraction of sp³-hybridized carbons (Fsp3) is 0.278. The molecule has 0 atom stereocenters. The number of carbonyl (C=O) groups is 2. The molecule has 3 rings (SSSR count). The van der Waals surface area contributed by atoms with Crippen LogP contribution < -0.4 is 5.32 Å². The quantitative estimate of drug-likeness (QED) is 0.906. The summed E-state index contributed by atoms with van der Waals surface area (Å²) < 4.78 is 0. The maximum absolute atomic E-state index is 12.3. The number of fused-ring (bicyclic) bond motifs is 1. The van der Waals surface area contributed by atoms with Crippen molar-refractivity contribution in [1.29, 1.82) is 5.26 Å². The number of thiophene rings is 1. The van der Waals surface area contributed by atoms with Gasteiger partial charge in [-0.3, -0.25) is 9.59 Å². The third-order valence-electron chi connectivity index (χ3n) is 3.93. The highest BCUT2D eigenvalue weighted by Gasteiger charge is 2.35. The van der Waals surface area contributed by atoms with Gasteiger partial charge in [0.15, 0.2) is 5.78 Å². The Balaban J connectivity index is 1.98. The third kappa shape index (κ3) is 2.90. The number of rotatable bonds is 2. The average molecular weight is 324 g/mol. The zero-order valence-electron chi connectivity index (χ0n) is 13.0. The van der Waals surface area contributed by atoms with E-state index in [1.807, 2.05) is 19.9 Å². The second kappa shape index (κ2) is 5.64. The number of amides is 1. The average Bonchev–Trinajstić information content (AvgIpc) is 2.84. The second-order valence-corrected chi connectivity index (χ2v) is 7.51. The van der Waals surface area contributed by atoms with E-state index in [9.17, 15) is 14.9 Å². The summed E-state index contributed by atoms with van der Waals surface area (Å²) in [6.45, 7) is 4.05. The Morgan fingerprint density at radius 1 is 1.26 bits per heavy atom. The van der Waals surface area contributed by atoms with E-state index in [1.165, 1.54) is 11.3 Å². The lowest BCUT2D eigenvalue weighted by atomic mass is 9.75. The van der Waals surface area contributed by atoms with Crippen LogP contribution in [0.2, 0.25) is 0 Å². The Kier molecular flexibility index (Phi) is 3.78. The first kappa shape index (κ1) is 15.4. The van der Waals surface area contributed by atoms with Gasteiger partial charge in [-0.25, -0.2) is 0 Å². The van der Waals surface area contributed by atoms with Gasteiger partial charge in [-0.1, -0.05) is 32.0 Å². The van der Waals surface area contributed by atoms with Crippen molar-refractivity contribution >= 4 is 28.0 Å². The van der Waals surface area contributed by atoms with Crippen LogP contribution in [0.25, 0.3) is 0 Å². The number of hydrogen-bond donors (Lipinski definition) is 1. The summed E-state index contributed by atoms with van der Waals surface area (Å²) in [7, 11) is 0. The van der Waals surface area contributed by atoms with Crippen LogP contribution >= 0.6 is 11.3 Å². The van der Waals surface area contributed by atoms with Crippen molar-refractivity contribution in [1.82, 2.24) is 0 Å². The second-order valence-electron chi connectivity index (χ2n) is 6.49. The number of nitrogens with one attached hydrogen (secondary N) is 1. The highest BCUT2D eigenvalue weighted by molar-refractivity contribution is 7.18. The number of benzene rings is 1. The summed E-state index contributed by atoms with van der Waals surface area (Å²) in [5, 5.41) is 12.8. The Labute approximate surface area is 138 Å². The van der Waals surface area contributed by atoms with Gasteiger partial charge in [0.25, 0.3) is 5.91 Å². The molecule has 0 saturated heterocycles. The van der Waals surface area contributed by atoms with E-state index >= 15 is 0 Å². The normalized spacial score (nSPS) is 15.6. The number of ketones is 1. The van der Waals surface area contributed by atoms with Gasteiger partial charge >= 0.3 is 0 Å². The molecule has 1 aromatic carbocycles. The van der Waals surface area contributed by atoms with Crippen molar-refractivity contribution in [2.75, 3.05) is 5.32 Å². The molecular formula is C18H16N2O2S. The molecule has 23 heavy (non-hydrogen) atoms. The van der Waals surface area contributed by atoms with E-state index in [0.717, 1.165) is 5.56 Å². The lowest BCUT2D eigenvalue weighted by molar-refractivity contribution is 0.0917. The molecule has 5 heteroatoms. The van der Waals surface area contributed by atoms with Crippen LogP contribution in [0, 0.1) is 16.7 Å².